The normalized spacial score (nSPS) is 11.2. The zero-order chi connectivity index (χ0) is 19.6. The van der Waals surface area contributed by atoms with Crippen molar-refractivity contribution in [2.45, 2.75) is 13.1 Å². The molecule has 142 valence electrons. The summed E-state index contributed by atoms with van der Waals surface area (Å²) in [6.45, 7) is 1.02. The largest absolute Gasteiger partial charge is 0.343 e. The minimum absolute atomic E-state index is 0.216. The van der Waals surface area contributed by atoms with Crippen LogP contribution in [0.25, 0.3) is 16.6 Å². The first-order valence-electron chi connectivity index (χ1n) is 9.48. The van der Waals surface area contributed by atoms with Gasteiger partial charge in [-0.1, -0.05) is 48.5 Å². The fourth-order valence-corrected chi connectivity index (χ4v) is 3.50. The topological polar surface area (TPSA) is 64.2 Å². The van der Waals surface area contributed by atoms with Crippen molar-refractivity contribution in [2.24, 2.45) is 0 Å². The third-order valence-electron chi connectivity index (χ3n) is 4.93. The number of rotatable bonds is 5. The number of nitrogens with zero attached hydrogens (tertiary/aromatic N) is 4. The molecule has 3 heterocycles. The Morgan fingerprint density at radius 2 is 1.72 bits per heavy atom. The second-order valence-corrected chi connectivity index (χ2v) is 6.87. The van der Waals surface area contributed by atoms with Gasteiger partial charge in [-0.05, 0) is 35.9 Å². The molecule has 0 aliphatic carbocycles. The van der Waals surface area contributed by atoms with Gasteiger partial charge in [-0.15, -0.1) is 0 Å². The molecule has 0 aliphatic heterocycles. The van der Waals surface area contributed by atoms with Crippen molar-refractivity contribution < 1.29 is 4.79 Å². The van der Waals surface area contributed by atoms with Crippen LogP contribution in [0.5, 0.6) is 0 Å². The van der Waals surface area contributed by atoms with Gasteiger partial charge in [0.05, 0.1) is 23.1 Å². The van der Waals surface area contributed by atoms with Crippen LogP contribution < -0.4 is 5.32 Å². The van der Waals surface area contributed by atoms with Gasteiger partial charge in [0.2, 0.25) is 0 Å². The van der Waals surface area contributed by atoms with Crippen molar-refractivity contribution in [3.05, 3.63) is 102 Å². The summed E-state index contributed by atoms with van der Waals surface area (Å²) in [5.41, 5.74) is 4.42. The number of carbonyl (C=O) groups is 1. The lowest BCUT2D eigenvalue weighted by atomic mass is 10.2. The average molecular weight is 381 g/mol. The summed E-state index contributed by atoms with van der Waals surface area (Å²) in [6.07, 6.45) is 1.82. The number of benzene rings is 2. The summed E-state index contributed by atoms with van der Waals surface area (Å²) in [4.78, 5) is 17.4. The Bertz CT molecular complexity index is 1270. The smallest absolute Gasteiger partial charge is 0.272 e. The molecule has 1 N–H and O–H groups in total. The second kappa shape index (κ2) is 7.24. The third-order valence-corrected chi connectivity index (χ3v) is 4.93. The first-order chi connectivity index (χ1) is 14.3. The molecule has 5 aromatic rings. The predicted molar refractivity (Wildman–Crippen MR) is 112 cm³/mol. The van der Waals surface area contributed by atoms with Crippen molar-refractivity contribution in [2.75, 3.05) is 0 Å². The number of imidazole rings is 1. The van der Waals surface area contributed by atoms with Gasteiger partial charge in [0.1, 0.15) is 5.82 Å². The van der Waals surface area contributed by atoms with Gasteiger partial charge in [-0.2, -0.15) is 5.10 Å². The zero-order valence-corrected chi connectivity index (χ0v) is 15.7. The molecule has 0 fully saturated rings. The van der Waals surface area contributed by atoms with Gasteiger partial charge in [0.15, 0.2) is 5.69 Å². The predicted octanol–water partition coefficient (Wildman–Crippen LogP) is 3.66. The van der Waals surface area contributed by atoms with E-state index in [0.29, 0.717) is 18.8 Å². The van der Waals surface area contributed by atoms with Gasteiger partial charge < -0.3 is 9.88 Å². The van der Waals surface area contributed by atoms with Crippen LogP contribution >= 0.6 is 0 Å². The van der Waals surface area contributed by atoms with Gasteiger partial charge >= 0.3 is 0 Å². The molecule has 29 heavy (non-hydrogen) atoms. The molecular weight excluding hydrogens is 362 g/mol. The number of fused-ring (bicyclic) bond motifs is 2. The highest BCUT2D eigenvalue weighted by Crippen LogP contribution is 2.18. The molecule has 0 spiro atoms. The Morgan fingerprint density at radius 3 is 2.59 bits per heavy atom. The average Bonchev–Trinajstić information content (AvgIpc) is 3.35. The molecule has 0 aliphatic rings. The number of hydrogen-bond donors (Lipinski definition) is 1. The van der Waals surface area contributed by atoms with Crippen LogP contribution in [0.2, 0.25) is 0 Å². The first-order valence-corrected chi connectivity index (χ1v) is 9.48. The van der Waals surface area contributed by atoms with E-state index in [1.54, 1.807) is 10.6 Å². The van der Waals surface area contributed by atoms with Gasteiger partial charge in [-0.25, -0.2) is 9.50 Å². The maximum atomic E-state index is 12.6. The molecule has 6 nitrogen and oxygen atoms in total. The molecule has 0 saturated heterocycles. The van der Waals surface area contributed by atoms with E-state index in [-0.39, 0.29) is 5.91 Å². The molecule has 1 amide bonds. The molecule has 0 unspecified atom stereocenters. The van der Waals surface area contributed by atoms with Crippen molar-refractivity contribution in [3.63, 3.8) is 0 Å². The van der Waals surface area contributed by atoms with Crippen molar-refractivity contribution in [1.29, 1.82) is 0 Å². The van der Waals surface area contributed by atoms with Crippen molar-refractivity contribution >= 4 is 22.5 Å². The lowest BCUT2D eigenvalue weighted by Gasteiger charge is -2.10. The minimum Gasteiger partial charge on any atom is -0.343 e. The molecule has 5 rings (SSSR count). The van der Waals surface area contributed by atoms with E-state index in [4.69, 9.17) is 4.98 Å². The Kier molecular flexibility index (Phi) is 4.29. The monoisotopic (exact) mass is 381 g/mol. The lowest BCUT2D eigenvalue weighted by molar-refractivity contribution is 0.0944. The second-order valence-electron chi connectivity index (χ2n) is 6.87. The van der Waals surface area contributed by atoms with E-state index in [2.05, 4.69) is 33.2 Å². The van der Waals surface area contributed by atoms with Crippen molar-refractivity contribution in [3.8, 4) is 0 Å². The van der Waals surface area contributed by atoms with E-state index in [1.165, 1.54) is 5.56 Å². The highest BCUT2D eigenvalue weighted by atomic mass is 16.1. The van der Waals surface area contributed by atoms with E-state index in [9.17, 15) is 4.79 Å². The third kappa shape index (κ3) is 3.36. The molecule has 2 aromatic carbocycles. The Balaban J connectivity index is 1.42. The Morgan fingerprint density at radius 1 is 0.931 bits per heavy atom. The Hall–Kier alpha value is -3.93. The fourth-order valence-electron chi connectivity index (χ4n) is 3.50. The lowest BCUT2D eigenvalue weighted by Crippen LogP contribution is -2.25. The van der Waals surface area contributed by atoms with Crippen LogP contribution in [0.15, 0.2) is 85.1 Å². The maximum Gasteiger partial charge on any atom is 0.272 e. The van der Waals surface area contributed by atoms with Crippen LogP contribution in [0, 0.1) is 0 Å². The Labute approximate surface area is 167 Å². The van der Waals surface area contributed by atoms with Crippen LogP contribution in [-0.4, -0.2) is 25.1 Å². The number of carbonyl (C=O) groups excluding carboxylic acids is 1. The summed E-state index contributed by atoms with van der Waals surface area (Å²) in [5, 5.41) is 7.30. The molecule has 0 radical (unpaired) electrons. The van der Waals surface area contributed by atoms with Gasteiger partial charge in [0.25, 0.3) is 5.91 Å². The standard InChI is InChI=1S/C23H19N5O/c29-23(20-14-18-10-6-7-13-28(18)26-20)24-15-22-25-19-11-4-5-12-21(19)27(22)16-17-8-2-1-3-9-17/h1-14H,15-16H2,(H,24,29). The fraction of sp³-hybridized carbons (Fsp3) is 0.0870. The number of pyridine rings is 1. The number of amides is 1. The molecular formula is C23H19N5O. The van der Waals surface area contributed by atoms with E-state index in [0.717, 1.165) is 22.4 Å². The van der Waals surface area contributed by atoms with Crippen molar-refractivity contribution in [1.82, 2.24) is 24.5 Å². The quantitative estimate of drug-likeness (QED) is 0.505. The van der Waals surface area contributed by atoms with E-state index in [1.807, 2.05) is 60.8 Å². The van der Waals surface area contributed by atoms with E-state index >= 15 is 0 Å². The van der Waals surface area contributed by atoms with E-state index < -0.39 is 0 Å². The molecule has 3 aromatic heterocycles. The highest BCUT2D eigenvalue weighted by Gasteiger charge is 2.14. The molecule has 6 heteroatoms. The summed E-state index contributed by atoms with van der Waals surface area (Å²) in [6, 6.07) is 25.8. The number of nitrogens with one attached hydrogen (secondary N) is 1. The van der Waals surface area contributed by atoms with Gasteiger partial charge in [0, 0.05) is 12.7 Å². The van der Waals surface area contributed by atoms with Crippen LogP contribution in [0.1, 0.15) is 21.9 Å². The van der Waals surface area contributed by atoms with Crippen LogP contribution in [0.4, 0.5) is 0 Å². The maximum absolute atomic E-state index is 12.6. The minimum atomic E-state index is -0.216. The molecule has 0 atom stereocenters. The summed E-state index contributed by atoms with van der Waals surface area (Å²) in [7, 11) is 0. The molecule has 0 bridgehead atoms. The van der Waals surface area contributed by atoms with Crippen LogP contribution in [0.3, 0.4) is 0 Å². The SMILES string of the molecule is O=C(NCc1nc2ccccc2n1Cc1ccccc1)c1cc2ccccn2n1. The highest BCUT2D eigenvalue weighted by molar-refractivity contribution is 5.93. The number of aromatic nitrogens is 4. The van der Waals surface area contributed by atoms with Crippen LogP contribution in [-0.2, 0) is 13.1 Å². The van der Waals surface area contributed by atoms with Gasteiger partial charge in [-0.3, -0.25) is 4.79 Å². The zero-order valence-electron chi connectivity index (χ0n) is 15.7. The molecule has 0 saturated carbocycles. The summed E-state index contributed by atoms with van der Waals surface area (Å²) >= 11 is 0. The number of para-hydroxylation sites is 2. The summed E-state index contributed by atoms with van der Waals surface area (Å²) in [5.74, 6) is 0.596. The summed E-state index contributed by atoms with van der Waals surface area (Å²) < 4.78 is 3.84. The first kappa shape index (κ1) is 17.2. The number of hydrogen-bond acceptors (Lipinski definition) is 3.